The first-order chi connectivity index (χ1) is 17.7. The van der Waals surface area contributed by atoms with E-state index in [1.165, 1.54) is 6.07 Å². The summed E-state index contributed by atoms with van der Waals surface area (Å²) in [6, 6.07) is 6.67. The zero-order valence-corrected chi connectivity index (χ0v) is 20.9. The monoisotopic (exact) mass is 559 g/mol. The molecule has 206 valence electrons. The molecule has 1 aliphatic rings. The van der Waals surface area contributed by atoms with Crippen LogP contribution in [0.3, 0.4) is 0 Å². The number of aryl methyl sites for hydroxylation is 1. The minimum atomic E-state index is -4.96. The third-order valence-corrected chi connectivity index (χ3v) is 8.30. The SMILES string of the molecule is CC(O)(c1ccc2c(c1)CC[C@@H](Cc1nnc(CC(O)CO)o1)N2S(=O)(=O)c1ccc(F)cc1)C(F)(F)F. The number of sulfonamides is 1. The zero-order chi connectivity index (χ0) is 27.9. The van der Waals surface area contributed by atoms with Crippen LogP contribution in [0.25, 0.3) is 0 Å². The number of aromatic nitrogens is 2. The zero-order valence-electron chi connectivity index (χ0n) is 20.1. The van der Waals surface area contributed by atoms with E-state index in [1.807, 2.05) is 0 Å². The Labute approximate surface area is 215 Å². The Morgan fingerprint density at radius 3 is 2.42 bits per heavy atom. The number of nitrogens with zero attached hydrogens (tertiary/aromatic N) is 3. The van der Waals surface area contributed by atoms with E-state index in [0.717, 1.165) is 40.7 Å². The molecule has 0 amide bonds. The van der Waals surface area contributed by atoms with Crippen molar-refractivity contribution in [2.75, 3.05) is 10.9 Å². The fourth-order valence-electron chi connectivity index (χ4n) is 4.26. The molecule has 1 aliphatic heterocycles. The molecular formula is C24H25F4N3O6S. The first kappa shape index (κ1) is 28.0. The van der Waals surface area contributed by atoms with Gasteiger partial charge in [-0.1, -0.05) is 12.1 Å². The maximum atomic E-state index is 13.7. The molecule has 4 rings (SSSR count). The van der Waals surface area contributed by atoms with Crippen molar-refractivity contribution in [2.24, 2.45) is 0 Å². The van der Waals surface area contributed by atoms with Gasteiger partial charge in [-0.3, -0.25) is 4.31 Å². The van der Waals surface area contributed by atoms with Crippen LogP contribution in [0, 0.1) is 5.82 Å². The predicted molar refractivity (Wildman–Crippen MR) is 125 cm³/mol. The van der Waals surface area contributed by atoms with E-state index in [2.05, 4.69) is 10.2 Å². The largest absolute Gasteiger partial charge is 0.425 e. The molecule has 3 N–H and O–H groups in total. The number of aliphatic hydroxyl groups excluding tert-OH is 2. The summed E-state index contributed by atoms with van der Waals surface area (Å²) in [5.74, 6) is -0.568. The first-order valence-corrected chi connectivity index (χ1v) is 13.0. The molecule has 2 heterocycles. The number of rotatable bonds is 8. The lowest BCUT2D eigenvalue weighted by Gasteiger charge is -2.38. The third-order valence-electron chi connectivity index (χ3n) is 6.42. The molecule has 0 saturated carbocycles. The van der Waals surface area contributed by atoms with Gasteiger partial charge in [0.05, 0.1) is 35.8 Å². The lowest BCUT2D eigenvalue weighted by Crippen LogP contribution is -2.45. The molecule has 3 aromatic rings. The third kappa shape index (κ3) is 5.39. The summed E-state index contributed by atoms with van der Waals surface area (Å²) >= 11 is 0. The molecule has 3 atom stereocenters. The van der Waals surface area contributed by atoms with E-state index in [-0.39, 0.29) is 53.6 Å². The van der Waals surface area contributed by atoms with Gasteiger partial charge < -0.3 is 19.7 Å². The van der Waals surface area contributed by atoms with Crippen LogP contribution in [0.4, 0.5) is 23.2 Å². The minimum absolute atomic E-state index is 0.0322. The number of fused-ring (bicyclic) bond motifs is 1. The van der Waals surface area contributed by atoms with Crippen molar-refractivity contribution in [3.8, 4) is 0 Å². The van der Waals surface area contributed by atoms with Gasteiger partial charge in [-0.15, -0.1) is 10.2 Å². The lowest BCUT2D eigenvalue weighted by atomic mass is 9.89. The van der Waals surface area contributed by atoms with E-state index in [1.54, 1.807) is 0 Å². The van der Waals surface area contributed by atoms with Gasteiger partial charge in [0, 0.05) is 6.42 Å². The van der Waals surface area contributed by atoms with Gasteiger partial charge in [0.15, 0.2) is 5.60 Å². The predicted octanol–water partition coefficient (Wildman–Crippen LogP) is 2.63. The minimum Gasteiger partial charge on any atom is -0.425 e. The highest BCUT2D eigenvalue weighted by Gasteiger charge is 2.51. The van der Waals surface area contributed by atoms with Crippen molar-refractivity contribution >= 4 is 15.7 Å². The topological polar surface area (TPSA) is 137 Å². The number of hydrogen-bond acceptors (Lipinski definition) is 8. The lowest BCUT2D eigenvalue weighted by molar-refractivity contribution is -0.258. The van der Waals surface area contributed by atoms with Crippen LogP contribution in [0.1, 0.15) is 36.3 Å². The Kier molecular flexibility index (Phi) is 7.54. The van der Waals surface area contributed by atoms with E-state index in [9.17, 15) is 36.2 Å². The van der Waals surface area contributed by atoms with Crippen molar-refractivity contribution in [3.05, 3.63) is 71.2 Å². The molecule has 0 bridgehead atoms. The fourth-order valence-corrected chi connectivity index (χ4v) is 5.97. The van der Waals surface area contributed by atoms with Gasteiger partial charge in [0.1, 0.15) is 5.82 Å². The number of halogens is 4. The highest BCUT2D eigenvalue weighted by molar-refractivity contribution is 7.92. The van der Waals surface area contributed by atoms with Crippen LogP contribution in [0.2, 0.25) is 0 Å². The van der Waals surface area contributed by atoms with Gasteiger partial charge >= 0.3 is 6.18 Å². The summed E-state index contributed by atoms with van der Waals surface area (Å²) in [5, 5.41) is 36.4. The van der Waals surface area contributed by atoms with Gasteiger partial charge in [-0.05, 0) is 61.2 Å². The average molecular weight is 560 g/mol. The highest BCUT2D eigenvalue weighted by Crippen LogP contribution is 2.42. The van der Waals surface area contributed by atoms with Crippen molar-refractivity contribution in [3.63, 3.8) is 0 Å². The Morgan fingerprint density at radius 2 is 1.79 bits per heavy atom. The maximum Gasteiger partial charge on any atom is 0.421 e. The standard InChI is InChI=1S/C24H25F4N3O6S/c1-23(34,24(26,27)28)15-3-9-20-14(10-15)2-6-17(11-21-29-30-22(37-21)12-18(33)13-32)31(20)38(35,36)19-7-4-16(25)5-8-19/h3-5,7-10,17-18,32-34H,2,6,11-13H2,1H3/t17-,18?,23?/m0/s1. The van der Waals surface area contributed by atoms with Crippen molar-refractivity contribution in [2.45, 2.75) is 61.4 Å². The summed E-state index contributed by atoms with van der Waals surface area (Å²) in [6.07, 6.45) is -5.93. The first-order valence-electron chi connectivity index (χ1n) is 11.6. The quantitative estimate of drug-likeness (QED) is 0.359. The number of benzene rings is 2. The highest BCUT2D eigenvalue weighted by atomic mass is 32.2. The molecule has 0 radical (unpaired) electrons. The molecule has 0 spiro atoms. The molecule has 38 heavy (non-hydrogen) atoms. The van der Waals surface area contributed by atoms with Crippen LogP contribution < -0.4 is 4.31 Å². The van der Waals surface area contributed by atoms with Crippen LogP contribution in [-0.2, 0) is 34.9 Å². The smallest absolute Gasteiger partial charge is 0.421 e. The van der Waals surface area contributed by atoms with Gasteiger partial charge in [0.2, 0.25) is 11.8 Å². The Balaban J connectivity index is 1.75. The summed E-state index contributed by atoms with van der Waals surface area (Å²) in [6.45, 7) is 0.0955. The van der Waals surface area contributed by atoms with Crippen molar-refractivity contribution in [1.82, 2.24) is 10.2 Å². The second-order valence-corrected chi connectivity index (χ2v) is 11.0. The molecule has 2 aromatic carbocycles. The van der Waals surface area contributed by atoms with Crippen LogP contribution in [0.5, 0.6) is 0 Å². The van der Waals surface area contributed by atoms with Crippen LogP contribution >= 0.6 is 0 Å². The Hall–Kier alpha value is -3.07. The molecule has 9 nitrogen and oxygen atoms in total. The second kappa shape index (κ2) is 10.2. The molecule has 0 saturated heterocycles. The summed E-state index contributed by atoms with van der Waals surface area (Å²) in [5.41, 5.74) is -3.22. The van der Waals surface area contributed by atoms with Crippen LogP contribution in [-0.4, -0.2) is 58.9 Å². The van der Waals surface area contributed by atoms with Gasteiger partial charge in [-0.25, -0.2) is 12.8 Å². The summed E-state index contributed by atoms with van der Waals surface area (Å²) < 4.78 is 87.9. The normalized spacial score (nSPS) is 18.6. The number of aliphatic hydroxyl groups is 3. The van der Waals surface area contributed by atoms with Gasteiger partial charge in [0.25, 0.3) is 10.0 Å². The fraction of sp³-hybridized carbons (Fsp3) is 0.417. The van der Waals surface area contributed by atoms with E-state index in [4.69, 9.17) is 9.52 Å². The Morgan fingerprint density at radius 1 is 1.13 bits per heavy atom. The molecule has 2 unspecified atom stereocenters. The molecule has 14 heteroatoms. The average Bonchev–Trinajstić information content (AvgIpc) is 3.29. The number of hydrogen-bond donors (Lipinski definition) is 3. The second-order valence-electron chi connectivity index (χ2n) is 9.19. The van der Waals surface area contributed by atoms with E-state index < -0.39 is 51.9 Å². The number of anilines is 1. The number of alkyl halides is 3. The van der Waals surface area contributed by atoms with Crippen molar-refractivity contribution in [1.29, 1.82) is 0 Å². The summed E-state index contributed by atoms with van der Waals surface area (Å²) in [7, 11) is -4.34. The molecule has 0 aliphatic carbocycles. The maximum absolute atomic E-state index is 13.7. The van der Waals surface area contributed by atoms with Gasteiger partial charge in [-0.2, -0.15) is 13.2 Å². The molecule has 0 fully saturated rings. The van der Waals surface area contributed by atoms with E-state index >= 15 is 0 Å². The van der Waals surface area contributed by atoms with Crippen molar-refractivity contribution < 1.29 is 45.7 Å². The summed E-state index contributed by atoms with van der Waals surface area (Å²) in [4.78, 5) is -0.236. The molecule has 1 aromatic heterocycles. The van der Waals surface area contributed by atoms with E-state index in [0.29, 0.717) is 6.92 Å². The Bertz CT molecular complexity index is 1390. The molecular weight excluding hydrogens is 534 g/mol. The van der Waals surface area contributed by atoms with Crippen LogP contribution in [0.15, 0.2) is 51.8 Å².